The van der Waals surface area contributed by atoms with Gasteiger partial charge in [0.05, 0.1) is 0 Å². The average Bonchev–Trinajstić information content (AvgIpc) is 3.22. The van der Waals surface area contributed by atoms with E-state index in [4.69, 9.17) is 0 Å². The lowest BCUT2D eigenvalue weighted by Crippen LogP contribution is -2.37. The molecule has 32 heavy (non-hydrogen) atoms. The second-order valence-corrected chi connectivity index (χ2v) is 9.92. The number of piperidine rings is 1. The Hall–Kier alpha value is -2.60. The van der Waals surface area contributed by atoms with Crippen LogP contribution in [0.15, 0.2) is 53.7 Å². The summed E-state index contributed by atoms with van der Waals surface area (Å²) in [6.45, 7) is 8.27. The molecule has 3 aromatic rings. The molecule has 1 amide bonds. The third-order valence-corrected chi connectivity index (χ3v) is 7.15. The van der Waals surface area contributed by atoms with E-state index in [0.29, 0.717) is 6.42 Å². The Balaban J connectivity index is 1.45. The smallest absolute Gasteiger partial charge is 0.222 e. The van der Waals surface area contributed by atoms with E-state index in [-0.39, 0.29) is 5.91 Å². The highest BCUT2D eigenvalue weighted by Gasteiger charge is 2.20. The topological polar surface area (TPSA) is 51.0 Å². The summed E-state index contributed by atoms with van der Waals surface area (Å²) in [6, 6.07) is 16.8. The molecule has 0 N–H and O–H groups in total. The normalized spacial score (nSPS) is 14.7. The van der Waals surface area contributed by atoms with Gasteiger partial charge in [-0.15, -0.1) is 10.2 Å². The molecule has 2 aromatic carbocycles. The summed E-state index contributed by atoms with van der Waals surface area (Å²) in [5.74, 6) is 2.71. The van der Waals surface area contributed by atoms with Crippen LogP contribution in [0.1, 0.15) is 43.7 Å². The quantitative estimate of drug-likeness (QED) is 0.345. The number of aromatic nitrogens is 3. The van der Waals surface area contributed by atoms with Crippen LogP contribution in [0.2, 0.25) is 0 Å². The number of hydrogen-bond donors (Lipinski definition) is 0. The Labute approximate surface area is 195 Å². The van der Waals surface area contributed by atoms with Gasteiger partial charge in [-0.3, -0.25) is 9.36 Å². The SMILES string of the molecule is Cc1ccc(-c2nnc(SCCCC(=O)N3CCC(C)CC3)n2-c2ccc(C)cc2)cc1. The van der Waals surface area contributed by atoms with Crippen LogP contribution in [0.4, 0.5) is 0 Å². The molecule has 1 aromatic heterocycles. The zero-order valence-electron chi connectivity index (χ0n) is 19.3. The van der Waals surface area contributed by atoms with Gasteiger partial charge in [0.2, 0.25) is 5.91 Å². The summed E-state index contributed by atoms with van der Waals surface area (Å²) in [5, 5.41) is 9.90. The van der Waals surface area contributed by atoms with Gasteiger partial charge < -0.3 is 4.90 Å². The fourth-order valence-electron chi connectivity index (χ4n) is 3.98. The van der Waals surface area contributed by atoms with Crippen molar-refractivity contribution in [3.05, 3.63) is 59.7 Å². The van der Waals surface area contributed by atoms with E-state index < -0.39 is 0 Å². The number of rotatable bonds is 7. The molecule has 0 unspecified atom stereocenters. The van der Waals surface area contributed by atoms with Gasteiger partial charge in [0.1, 0.15) is 0 Å². The first-order chi connectivity index (χ1) is 15.5. The average molecular weight is 449 g/mol. The molecule has 1 fully saturated rings. The van der Waals surface area contributed by atoms with E-state index in [1.807, 2.05) is 4.90 Å². The van der Waals surface area contributed by atoms with Crippen LogP contribution in [-0.2, 0) is 4.79 Å². The number of carbonyl (C=O) groups is 1. The molecule has 1 aliphatic heterocycles. The molecule has 0 bridgehead atoms. The summed E-state index contributed by atoms with van der Waals surface area (Å²) in [4.78, 5) is 14.6. The highest BCUT2D eigenvalue weighted by atomic mass is 32.2. The molecular formula is C26H32N4OS. The monoisotopic (exact) mass is 448 g/mol. The highest BCUT2D eigenvalue weighted by Crippen LogP contribution is 2.29. The molecule has 6 heteroatoms. The van der Waals surface area contributed by atoms with Crippen molar-refractivity contribution in [2.45, 2.75) is 51.6 Å². The molecule has 0 saturated carbocycles. The summed E-state index contributed by atoms with van der Waals surface area (Å²) in [6.07, 6.45) is 3.70. The summed E-state index contributed by atoms with van der Waals surface area (Å²) in [5.41, 5.74) is 4.54. The van der Waals surface area contributed by atoms with Gasteiger partial charge in [0.15, 0.2) is 11.0 Å². The Kier molecular flexibility index (Phi) is 7.30. The molecule has 4 rings (SSSR count). The maximum absolute atomic E-state index is 12.5. The Bertz CT molecular complexity index is 1030. The fraction of sp³-hybridized carbons (Fsp3) is 0.423. The maximum Gasteiger partial charge on any atom is 0.222 e. The van der Waals surface area contributed by atoms with Gasteiger partial charge in [0.25, 0.3) is 0 Å². The zero-order chi connectivity index (χ0) is 22.5. The van der Waals surface area contributed by atoms with Crippen LogP contribution < -0.4 is 0 Å². The standard InChI is InChI=1S/C26H32N4OS/c1-19-6-10-22(11-7-19)25-27-28-26(30(25)23-12-8-20(2)9-13-23)32-18-4-5-24(31)29-16-14-21(3)15-17-29/h6-13,21H,4-5,14-18H2,1-3H3. The zero-order valence-corrected chi connectivity index (χ0v) is 20.1. The molecule has 0 radical (unpaired) electrons. The first-order valence-electron chi connectivity index (χ1n) is 11.5. The highest BCUT2D eigenvalue weighted by molar-refractivity contribution is 7.99. The van der Waals surface area contributed by atoms with Crippen molar-refractivity contribution in [1.29, 1.82) is 0 Å². The number of benzene rings is 2. The van der Waals surface area contributed by atoms with E-state index >= 15 is 0 Å². The van der Waals surface area contributed by atoms with Gasteiger partial charge in [-0.1, -0.05) is 66.2 Å². The van der Waals surface area contributed by atoms with Crippen molar-refractivity contribution in [1.82, 2.24) is 19.7 Å². The predicted molar refractivity (Wildman–Crippen MR) is 131 cm³/mol. The van der Waals surface area contributed by atoms with Crippen LogP contribution in [0.5, 0.6) is 0 Å². The van der Waals surface area contributed by atoms with E-state index in [1.165, 1.54) is 11.1 Å². The molecule has 5 nitrogen and oxygen atoms in total. The lowest BCUT2D eigenvalue weighted by Gasteiger charge is -2.30. The summed E-state index contributed by atoms with van der Waals surface area (Å²) < 4.78 is 2.13. The minimum Gasteiger partial charge on any atom is -0.343 e. The minimum atomic E-state index is 0.290. The lowest BCUT2D eigenvalue weighted by atomic mass is 9.99. The predicted octanol–water partition coefficient (Wildman–Crippen LogP) is 5.68. The first-order valence-corrected chi connectivity index (χ1v) is 12.5. The van der Waals surface area contributed by atoms with Gasteiger partial charge in [-0.2, -0.15) is 0 Å². The van der Waals surface area contributed by atoms with Crippen molar-refractivity contribution < 1.29 is 4.79 Å². The summed E-state index contributed by atoms with van der Waals surface area (Å²) in [7, 11) is 0. The minimum absolute atomic E-state index is 0.290. The van der Waals surface area contributed by atoms with Crippen LogP contribution in [0, 0.1) is 19.8 Å². The van der Waals surface area contributed by atoms with Crippen molar-refractivity contribution >= 4 is 17.7 Å². The Morgan fingerprint density at radius 1 is 0.969 bits per heavy atom. The van der Waals surface area contributed by atoms with Crippen LogP contribution in [0.25, 0.3) is 17.1 Å². The molecule has 1 saturated heterocycles. The van der Waals surface area contributed by atoms with E-state index in [9.17, 15) is 4.79 Å². The number of carbonyl (C=O) groups excluding carboxylic acids is 1. The largest absolute Gasteiger partial charge is 0.343 e. The second kappa shape index (κ2) is 10.3. The third-order valence-electron chi connectivity index (χ3n) is 6.14. The number of likely N-dealkylation sites (tertiary alicyclic amines) is 1. The molecule has 168 valence electrons. The van der Waals surface area contributed by atoms with E-state index in [0.717, 1.165) is 66.3 Å². The van der Waals surface area contributed by atoms with Gasteiger partial charge in [0, 0.05) is 36.5 Å². The molecule has 0 aliphatic carbocycles. The number of hydrogen-bond acceptors (Lipinski definition) is 4. The van der Waals surface area contributed by atoms with Gasteiger partial charge in [-0.25, -0.2) is 0 Å². The fourth-order valence-corrected chi connectivity index (χ4v) is 4.87. The number of nitrogens with zero attached hydrogens (tertiary/aromatic N) is 4. The van der Waals surface area contributed by atoms with E-state index in [2.05, 4.69) is 84.1 Å². The van der Waals surface area contributed by atoms with E-state index in [1.54, 1.807) is 11.8 Å². The molecule has 0 spiro atoms. The van der Waals surface area contributed by atoms with Crippen molar-refractivity contribution in [2.75, 3.05) is 18.8 Å². The van der Waals surface area contributed by atoms with Crippen LogP contribution in [-0.4, -0.2) is 44.4 Å². The van der Waals surface area contributed by atoms with Crippen LogP contribution in [0.3, 0.4) is 0 Å². The lowest BCUT2D eigenvalue weighted by molar-refractivity contribution is -0.132. The molecule has 2 heterocycles. The van der Waals surface area contributed by atoms with Crippen molar-refractivity contribution in [2.24, 2.45) is 5.92 Å². The number of thioether (sulfide) groups is 1. The molecular weight excluding hydrogens is 416 g/mol. The van der Waals surface area contributed by atoms with Crippen molar-refractivity contribution in [3.8, 4) is 17.1 Å². The maximum atomic E-state index is 12.5. The molecule has 0 atom stereocenters. The number of amides is 1. The molecule has 1 aliphatic rings. The second-order valence-electron chi connectivity index (χ2n) is 8.86. The number of aryl methyl sites for hydroxylation is 2. The third kappa shape index (κ3) is 5.41. The van der Waals surface area contributed by atoms with Gasteiger partial charge >= 0.3 is 0 Å². The summed E-state index contributed by atoms with van der Waals surface area (Å²) >= 11 is 1.67. The Morgan fingerprint density at radius 3 is 2.25 bits per heavy atom. The van der Waals surface area contributed by atoms with Crippen LogP contribution >= 0.6 is 11.8 Å². The Morgan fingerprint density at radius 2 is 1.59 bits per heavy atom. The first kappa shape index (κ1) is 22.6. The van der Waals surface area contributed by atoms with Gasteiger partial charge in [-0.05, 0) is 51.2 Å². The van der Waals surface area contributed by atoms with Crippen molar-refractivity contribution in [3.63, 3.8) is 0 Å².